The second kappa shape index (κ2) is 15.3. The first kappa shape index (κ1) is 31.7. The molecule has 9 nitrogen and oxygen atoms in total. The van der Waals surface area contributed by atoms with Crippen LogP contribution in [0, 0.1) is 0 Å². The Bertz CT molecular complexity index is 1290. The molecule has 0 spiro atoms. The molecule has 1 saturated heterocycles. The molecule has 0 aromatic heterocycles. The molecule has 1 fully saturated rings. The minimum Gasteiger partial charge on any atom is -0.497 e. The summed E-state index contributed by atoms with van der Waals surface area (Å²) in [6.07, 6.45) is 1.99. The molecule has 10 heteroatoms. The zero-order chi connectivity index (χ0) is 30.0. The molecule has 6 N–H and O–H groups in total. The molecule has 0 radical (unpaired) electrons. The standard InChI is InChI=1S/C32H44N4O5S/c1-3-34-27-20-26(21-28(22-27)36-16-7-8-17-42(36,39)40)32(38)35-30(19-24-10-5-4-6-11-24)31(37)23-33-15-14-25-12-9-13-29(18-25)41-2/h4-6,9-13,18,20-22,30-31,33-34,37,39-40H,3,7-8,14-17,19,23H2,1-2H3,(H,35,38). The fourth-order valence-electron chi connectivity index (χ4n) is 5.15. The number of anilines is 2. The zero-order valence-corrected chi connectivity index (χ0v) is 25.3. The largest absolute Gasteiger partial charge is 0.497 e. The second-order valence-corrected chi connectivity index (χ2v) is 12.7. The Hall–Kier alpha value is -3.28. The monoisotopic (exact) mass is 596 g/mol. The van der Waals surface area contributed by atoms with E-state index in [2.05, 4.69) is 16.0 Å². The molecule has 3 aromatic rings. The number of hydrogen-bond donors (Lipinski definition) is 6. The van der Waals surface area contributed by atoms with Crippen LogP contribution in [-0.4, -0.2) is 71.3 Å². The number of carbonyl (C=O) groups is 1. The van der Waals surface area contributed by atoms with Crippen LogP contribution in [0.15, 0.2) is 72.8 Å². The number of ether oxygens (including phenoxy) is 1. The summed E-state index contributed by atoms with van der Waals surface area (Å²) >= 11 is 0. The molecule has 2 unspecified atom stereocenters. The fraction of sp³-hybridized carbons (Fsp3) is 0.406. The molecule has 1 heterocycles. The zero-order valence-electron chi connectivity index (χ0n) is 24.5. The topological polar surface area (TPSA) is 126 Å². The van der Waals surface area contributed by atoms with Crippen LogP contribution in [0.1, 0.15) is 41.3 Å². The van der Waals surface area contributed by atoms with Gasteiger partial charge in [0, 0.05) is 30.9 Å². The number of benzene rings is 3. The van der Waals surface area contributed by atoms with Crippen LogP contribution in [0.4, 0.5) is 11.4 Å². The molecule has 0 aliphatic carbocycles. The van der Waals surface area contributed by atoms with Gasteiger partial charge >= 0.3 is 0 Å². The summed E-state index contributed by atoms with van der Waals surface area (Å²) in [6.45, 7) is 4.09. The third kappa shape index (κ3) is 8.86. The van der Waals surface area contributed by atoms with Crippen molar-refractivity contribution in [2.45, 2.75) is 44.8 Å². The van der Waals surface area contributed by atoms with Gasteiger partial charge in [-0.1, -0.05) is 42.5 Å². The first-order valence-electron chi connectivity index (χ1n) is 14.6. The highest BCUT2D eigenvalue weighted by molar-refractivity contribution is 8.25. The van der Waals surface area contributed by atoms with E-state index in [0.717, 1.165) is 41.8 Å². The second-order valence-electron chi connectivity index (χ2n) is 10.6. The first-order valence-corrected chi connectivity index (χ1v) is 16.3. The van der Waals surface area contributed by atoms with Gasteiger partial charge in [-0.15, -0.1) is 10.8 Å². The van der Waals surface area contributed by atoms with E-state index in [1.165, 1.54) is 0 Å². The van der Waals surface area contributed by atoms with E-state index in [1.807, 2.05) is 67.6 Å². The summed E-state index contributed by atoms with van der Waals surface area (Å²) in [7, 11) is -1.30. The van der Waals surface area contributed by atoms with Crippen LogP contribution >= 0.6 is 10.8 Å². The molecular formula is C32H44N4O5S. The summed E-state index contributed by atoms with van der Waals surface area (Å²) in [5.41, 5.74) is 3.84. The van der Waals surface area contributed by atoms with E-state index in [-0.39, 0.29) is 5.91 Å². The number of aliphatic hydroxyl groups excluding tert-OH is 1. The number of hydrogen-bond acceptors (Lipinski definition) is 8. The van der Waals surface area contributed by atoms with Crippen LogP contribution in [-0.2, 0) is 12.8 Å². The lowest BCUT2D eigenvalue weighted by molar-refractivity contribution is 0.0831. The predicted octanol–water partition coefficient (Wildman–Crippen LogP) is 4.93. The molecule has 42 heavy (non-hydrogen) atoms. The number of amides is 1. The Morgan fingerprint density at radius 3 is 2.55 bits per heavy atom. The summed E-state index contributed by atoms with van der Waals surface area (Å²) in [5, 5.41) is 20.9. The Kier molecular flexibility index (Phi) is 11.5. The highest BCUT2D eigenvalue weighted by atomic mass is 32.3. The molecule has 1 aliphatic rings. The SMILES string of the molecule is CCNc1cc(C(=O)NC(Cc2ccccc2)C(O)CNCCc2cccc(OC)c2)cc(N2CCCCS2(O)O)c1. The van der Waals surface area contributed by atoms with E-state index >= 15 is 0 Å². The van der Waals surface area contributed by atoms with Crippen molar-refractivity contribution in [2.24, 2.45) is 0 Å². The van der Waals surface area contributed by atoms with Gasteiger partial charge in [-0.05, 0) is 80.6 Å². The van der Waals surface area contributed by atoms with Gasteiger partial charge < -0.3 is 25.8 Å². The maximum Gasteiger partial charge on any atom is 0.251 e. The first-order chi connectivity index (χ1) is 20.3. The Balaban J connectivity index is 1.48. The van der Waals surface area contributed by atoms with Crippen molar-refractivity contribution in [2.75, 3.05) is 48.7 Å². The van der Waals surface area contributed by atoms with E-state index < -0.39 is 22.9 Å². The number of nitrogens with zero attached hydrogens (tertiary/aromatic N) is 1. The van der Waals surface area contributed by atoms with Gasteiger partial charge in [-0.2, -0.15) is 0 Å². The van der Waals surface area contributed by atoms with Crippen molar-refractivity contribution in [3.8, 4) is 5.75 Å². The number of nitrogens with one attached hydrogen (secondary N) is 3. The lowest BCUT2D eigenvalue weighted by atomic mass is 10.00. The van der Waals surface area contributed by atoms with E-state index in [9.17, 15) is 19.0 Å². The molecule has 0 bridgehead atoms. The van der Waals surface area contributed by atoms with Gasteiger partial charge in [0.05, 0.1) is 30.7 Å². The van der Waals surface area contributed by atoms with Crippen molar-refractivity contribution in [3.05, 3.63) is 89.5 Å². The van der Waals surface area contributed by atoms with E-state index in [4.69, 9.17) is 4.74 Å². The molecule has 1 amide bonds. The maximum atomic E-state index is 13.7. The van der Waals surface area contributed by atoms with Crippen LogP contribution in [0.2, 0.25) is 0 Å². The average molecular weight is 597 g/mol. The van der Waals surface area contributed by atoms with Crippen LogP contribution in [0.25, 0.3) is 0 Å². The summed E-state index contributed by atoms with van der Waals surface area (Å²) < 4.78 is 28.4. The average Bonchev–Trinajstić information content (AvgIpc) is 2.99. The smallest absolute Gasteiger partial charge is 0.251 e. The molecule has 3 aromatic carbocycles. The van der Waals surface area contributed by atoms with E-state index in [0.29, 0.717) is 49.6 Å². The summed E-state index contributed by atoms with van der Waals surface area (Å²) in [5.74, 6) is 0.793. The van der Waals surface area contributed by atoms with Gasteiger partial charge in [0.2, 0.25) is 0 Å². The normalized spacial score (nSPS) is 16.7. The van der Waals surface area contributed by atoms with Crippen molar-refractivity contribution >= 4 is 28.1 Å². The molecular weight excluding hydrogens is 552 g/mol. The lowest BCUT2D eigenvalue weighted by Crippen LogP contribution is -2.49. The van der Waals surface area contributed by atoms with Gasteiger partial charge in [-0.3, -0.25) is 18.2 Å². The lowest BCUT2D eigenvalue weighted by Gasteiger charge is -2.47. The quantitative estimate of drug-likeness (QED) is 0.145. The third-order valence-corrected chi connectivity index (χ3v) is 9.32. The Morgan fingerprint density at radius 2 is 1.81 bits per heavy atom. The van der Waals surface area contributed by atoms with Gasteiger partial charge in [0.15, 0.2) is 0 Å². The maximum absolute atomic E-state index is 13.7. The van der Waals surface area contributed by atoms with E-state index in [1.54, 1.807) is 23.5 Å². The van der Waals surface area contributed by atoms with Crippen LogP contribution in [0.5, 0.6) is 5.75 Å². The van der Waals surface area contributed by atoms with Crippen molar-refractivity contribution in [1.29, 1.82) is 0 Å². The number of aliphatic hydroxyl groups is 1. The summed E-state index contributed by atoms with van der Waals surface area (Å²) in [4.78, 5) is 13.7. The Morgan fingerprint density at radius 1 is 1.02 bits per heavy atom. The third-order valence-electron chi connectivity index (χ3n) is 7.39. The molecule has 4 rings (SSSR count). The number of methoxy groups -OCH3 is 1. The highest BCUT2D eigenvalue weighted by Gasteiger charge is 2.28. The summed E-state index contributed by atoms with van der Waals surface area (Å²) in [6, 6.07) is 22.4. The number of carbonyl (C=O) groups excluding carboxylic acids is 1. The fourth-order valence-corrected chi connectivity index (χ4v) is 6.83. The van der Waals surface area contributed by atoms with Crippen molar-refractivity contribution in [3.63, 3.8) is 0 Å². The highest BCUT2D eigenvalue weighted by Crippen LogP contribution is 2.50. The molecule has 2 atom stereocenters. The Labute approximate surface area is 250 Å². The van der Waals surface area contributed by atoms with Crippen molar-refractivity contribution < 1.29 is 23.7 Å². The minimum absolute atomic E-state index is 0.305. The van der Waals surface area contributed by atoms with Gasteiger partial charge in [0.25, 0.3) is 5.91 Å². The minimum atomic E-state index is -2.95. The van der Waals surface area contributed by atoms with Crippen molar-refractivity contribution in [1.82, 2.24) is 10.6 Å². The van der Waals surface area contributed by atoms with Crippen LogP contribution in [0.3, 0.4) is 0 Å². The molecule has 1 aliphatic heterocycles. The molecule has 228 valence electrons. The van der Waals surface area contributed by atoms with Gasteiger partial charge in [-0.25, -0.2) is 0 Å². The van der Waals surface area contributed by atoms with Crippen LogP contribution < -0.4 is 25.0 Å². The molecule has 0 saturated carbocycles. The predicted molar refractivity (Wildman–Crippen MR) is 172 cm³/mol. The van der Waals surface area contributed by atoms with Gasteiger partial charge in [0.1, 0.15) is 5.75 Å². The number of rotatable bonds is 14.